The second-order valence-electron chi connectivity index (χ2n) is 6.08. The Balaban J connectivity index is 1.77. The van der Waals surface area contributed by atoms with Crippen LogP contribution in [0.4, 0.5) is 11.6 Å². The maximum absolute atomic E-state index is 6.17. The number of rotatable bonds is 4. The number of fused-ring (bicyclic) bond motifs is 1. The number of nitrogens with zero attached hydrogens (tertiary/aromatic N) is 1. The molecule has 0 atom stereocenters. The van der Waals surface area contributed by atoms with E-state index in [-0.39, 0.29) is 0 Å². The summed E-state index contributed by atoms with van der Waals surface area (Å²) in [5, 5.41) is 2.73. The van der Waals surface area contributed by atoms with E-state index >= 15 is 0 Å². The monoisotopic (exact) mass is 363 g/mol. The Morgan fingerprint density at radius 2 is 1.73 bits per heavy atom. The first-order valence-corrected chi connectivity index (χ1v) is 8.69. The summed E-state index contributed by atoms with van der Waals surface area (Å²) in [5.74, 6) is 1.49. The largest absolute Gasteiger partial charge is 0.495 e. The fourth-order valence-corrected chi connectivity index (χ4v) is 3.31. The van der Waals surface area contributed by atoms with Crippen LogP contribution in [0.2, 0.25) is 5.02 Å². The molecule has 26 heavy (non-hydrogen) atoms. The maximum Gasteiger partial charge on any atom is 0.207 e. The van der Waals surface area contributed by atoms with Crippen LogP contribution in [0.1, 0.15) is 0 Å². The van der Waals surface area contributed by atoms with Crippen LogP contribution < -0.4 is 9.64 Å². The number of hydrogen-bond donors (Lipinski definition) is 0. The van der Waals surface area contributed by atoms with E-state index in [0.717, 1.165) is 33.7 Å². The fraction of sp³-hybridized carbons (Fsp3) is 0.0909. The minimum atomic E-state index is 0.648. The van der Waals surface area contributed by atoms with Gasteiger partial charge in [-0.05, 0) is 41.5 Å². The highest BCUT2D eigenvalue weighted by Crippen LogP contribution is 2.39. The third-order valence-electron chi connectivity index (χ3n) is 4.49. The average molecular weight is 364 g/mol. The van der Waals surface area contributed by atoms with Gasteiger partial charge in [-0.2, -0.15) is 0 Å². The molecule has 4 rings (SSSR count). The van der Waals surface area contributed by atoms with E-state index in [9.17, 15) is 0 Å². The standard InChI is InChI=1S/C22H18ClNO2/c1-24(20-13-18(23)9-11-21(20)25-2)22-19-10-8-16(12-17(19)14-26-22)15-6-4-3-5-7-15/h3-14H,1-2H3. The molecule has 0 bridgehead atoms. The van der Waals surface area contributed by atoms with Crippen molar-refractivity contribution in [2.24, 2.45) is 0 Å². The minimum Gasteiger partial charge on any atom is -0.495 e. The minimum absolute atomic E-state index is 0.648. The number of benzene rings is 3. The molecule has 0 saturated carbocycles. The molecule has 4 heteroatoms. The van der Waals surface area contributed by atoms with Gasteiger partial charge in [0.1, 0.15) is 12.0 Å². The number of hydrogen-bond acceptors (Lipinski definition) is 3. The van der Waals surface area contributed by atoms with Gasteiger partial charge >= 0.3 is 0 Å². The zero-order chi connectivity index (χ0) is 18.1. The number of furan rings is 1. The van der Waals surface area contributed by atoms with Gasteiger partial charge in [-0.15, -0.1) is 0 Å². The van der Waals surface area contributed by atoms with Gasteiger partial charge in [-0.25, -0.2) is 0 Å². The predicted molar refractivity (Wildman–Crippen MR) is 108 cm³/mol. The SMILES string of the molecule is COc1ccc(Cl)cc1N(C)c1occ2cc(-c3ccccc3)ccc12. The Hall–Kier alpha value is -2.91. The normalized spacial score (nSPS) is 10.9. The summed E-state index contributed by atoms with van der Waals surface area (Å²) >= 11 is 6.17. The Bertz CT molecular complexity index is 1060. The van der Waals surface area contributed by atoms with Gasteiger partial charge in [-0.3, -0.25) is 0 Å². The Labute approximate surface area is 157 Å². The van der Waals surface area contributed by atoms with Crippen molar-refractivity contribution in [2.45, 2.75) is 0 Å². The van der Waals surface area contributed by atoms with Crippen LogP contribution in [0.25, 0.3) is 21.9 Å². The van der Waals surface area contributed by atoms with Gasteiger partial charge in [0.25, 0.3) is 0 Å². The number of methoxy groups -OCH3 is 1. The summed E-state index contributed by atoms with van der Waals surface area (Å²) in [4.78, 5) is 1.95. The number of ether oxygens (including phenoxy) is 1. The molecule has 0 aliphatic rings. The first-order valence-electron chi connectivity index (χ1n) is 8.31. The zero-order valence-corrected chi connectivity index (χ0v) is 15.3. The molecular formula is C22H18ClNO2. The molecule has 0 unspecified atom stereocenters. The van der Waals surface area contributed by atoms with Crippen LogP contribution in [-0.4, -0.2) is 14.2 Å². The predicted octanol–water partition coefficient (Wildman–Crippen LogP) is 6.53. The Morgan fingerprint density at radius 1 is 0.923 bits per heavy atom. The molecule has 1 aromatic heterocycles. The molecule has 0 amide bonds. The van der Waals surface area contributed by atoms with Crippen molar-refractivity contribution in [1.82, 2.24) is 0 Å². The molecule has 1 heterocycles. The van der Waals surface area contributed by atoms with Gasteiger partial charge in [-0.1, -0.05) is 48.0 Å². The molecule has 0 saturated heterocycles. The first kappa shape index (κ1) is 16.6. The van der Waals surface area contributed by atoms with Crippen LogP contribution in [-0.2, 0) is 0 Å². The third kappa shape index (κ3) is 2.91. The third-order valence-corrected chi connectivity index (χ3v) is 4.73. The molecular weight excluding hydrogens is 346 g/mol. The van der Waals surface area contributed by atoms with Crippen molar-refractivity contribution >= 4 is 33.9 Å². The van der Waals surface area contributed by atoms with Crippen LogP contribution >= 0.6 is 11.6 Å². The van der Waals surface area contributed by atoms with E-state index in [1.54, 1.807) is 13.4 Å². The molecule has 3 nitrogen and oxygen atoms in total. The van der Waals surface area contributed by atoms with E-state index in [2.05, 4.69) is 30.3 Å². The van der Waals surface area contributed by atoms with Crippen LogP contribution in [0.5, 0.6) is 5.75 Å². The van der Waals surface area contributed by atoms with Crippen molar-refractivity contribution in [2.75, 3.05) is 19.1 Å². The molecule has 0 radical (unpaired) electrons. The molecule has 4 aromatic rings. The zero-order valence-electron chi connectivity index (χ0n) is 14.6. The summed E-state index contributed by atoms with van der Waals surface area (Å²) < 4.78 is 11.4. The van der Waals surface area contributed by atoms with Gasteiger partial charge in [0.05, 0.1) is 12.8 Å². The molecule has 130 valence electrons. The van der Waals surface area contributed by atoms with Crippen molar-refractivity contribution in [3.63, 3.8) is 0 Å². The smallest absolute Gasteiger partial charge is 0.207 e. The van der Waals surface area contributed by atoms with Crippen molar-refractivity contribution in [3.8, 4) is 16.9 Å². The summed E-state index contributed by atoms with van der Waals surface area (Å²) in [5.41, 5.74) is 3.19. The van der Waals surface area contributed by atoms with Crippen LogP contribution in [0, 0.1) is 0 Å². The second-order valence-corrected chi connectivity index (χ2v) is 6.52. The van der Waals surface area contributed by atoms with E-state index in [4.69, 9.17) is 20.8 Å². The topological polar surface area (TPSA) is 25.6 Å². The second kappa shape index (κ2) is 6.77. The van der Waals surface area contributed by atoms with Crippen molar-refractivity contribution in [1.29, 1.82) is 0 Å². The molecule has 3 aromatic carbocycles. The lowest BCUT2D eigenvalue weighted by molar-refractivity contribution is 0.415. The molecule has 0 fully saturated rings. The molecule has 0 aliphatic carbocycles. The number of halogens is 1. The quantitative estimate of drug-likeness (QED) is 0.412. The molecule has 0 spiro atoms. The highest BCUT2D eigenvalue weighted by molar-refractivity contribution is 6.31. The highest BCUT2D eigenvalue weighted by Gasteiger charge is 2.17. The summed E-state index contributed by atoms with van der Waals surface area (Å²) in [7, 11) is 3.59. The average Bonchev–Trinajstić information content (AvgIpc) is 3.11. The maximum atomic E-state index is 6.17. The van der Waals surface area contributed by atoms with Gasteiger partial charge < -0.3 is 14.1 Å². The van der Waals surface area contributed by atoms with Gasteiger partial charge in [0.2, 0.25) is 5.88 Å². The summed E-state index contributed by atoms with van der Waals surface area (Å²) in [6.07, 6.45) is 1.78. The van der Waals surface area contributed by atoms with E-state index in [1.165, 1.54) is 5.56 Å². The molecule has 0 aliphatic heterocycles. The fourth-order valence-electron chi connectivity index (χ4n) is 3.14. The summed E-state index contributed by atoms with van der Waals surface area (Å²) in [6, 6.07) is 22.2. The lowest BCUT2D eigenvalue weighted by Gasteiger charge is -2.20. The lowest BCUT2D eigenvalue weighted by atomic mass is 10.0. The van der Waals surface area contributed by atoms with Crippen LogP contribution in [0.3, 0.4) is 0 Å². The van der Waals surface area contributed by atoms with E-state index in [0.29, 0.717) is 5.02 Å². The van der Waals surface area contributed by atoms with Crippen molar-refractivity contribution < 1.29 is 9.15 Å². The van der Waals surface area contributed by atoms with Gasteiger partial charge in [0, 0.05) is 22.8 Å². The van der Waals surface area contributed by atoms with E-state index in [1.807, 2.05) is 48.3 Å². The van der Waals surface area contributed by atoms with Crippen LogP contribution in [0.15, 0.2) is 77.4 Å². The lowest BCUT2D eigenvalue weighted by Crippen LogP contribution is -2.10. The first-order chi connectivity index (χ1) is 12.7. The van der Waals surface area contributed by atoms with Crippen molar-refractivity contribution in [3.05, 3.63) is 78.0 Å². The molecule has 0 N–H and O–H groups in total. The number of anilines is 2. The highest BCUT2D eigenvalue weighted by atomic mass is 35.5. The summed E-state index contributed by atoms with van der Waals surface area (Å²) in [6.45, 7) is 0. The Morgan fingerprint density at radius 3 is 2.50 bits per heavy atom. The Kier molecular flexibility index (Phi) is 4.31. The van der Waals surface area contributed by atoms with Gasteiger partial charge in [0.15, 0.2) is 0 Å². The van der Waals surface area contributed by atoms with E-state index < -0.39 is 0 Å².